The molecular formula is C21H24FN7. The zero-order valence-corrected chi connectivity index (χ0v) is 16.9. The molecule has 0 aliphatic heterocycles. The van der Waals surface area contributed by atoms with Gasteiger partial charge < -0.3 is 9.88 Å². The largest absolute Gasteiger partial charge is 0.350 e. The quantitative estimate of drug-likeness (QED) is 0.546. The number of aryl methyl sites for hydroxylation is 1. The molecule has 1 N–H and O–H groups in total. The van der Waals surface area contributed by atoms with Gasteiger partial charge in [0, 0.05) is 29.6 Å². The van der Waals surface area contributed by atoms with Gasteiger partial charge in [0.15, 0.2) is 5.65 Å². The summed E-state index contributed by atoms with van der Waals surface area (Å²) in [4.78, 5) is 13.5. The number of hydrogen-bond acceptors (Lipinski definition) is 5. The van der Waals surface area contributed by atoms with E-state index in [1.807, 2.05) is 25.4 Å². The van der Waals surface area contributed by atoms with Crippen LogP contribution in [0.4, 0.5) is 10.3 Å². The van der Waals surface area contributed by atoms with Crippen molar-refractivity contribution in [2.75, 3.05) is 11.9 Å². The number of nitrogens with zero attached hydrogens (tertiary/aromatic N) is 6. The molecule has 29 heavy (non-hydrogen) atoms. The van der Waals surface area contributed by atoms with E-state index in [0.29, 0.717) is 24.8 Å². The summed E-state index contributed by atoms with van der Waals surface area (Å²) in [5, 5.41) is 7.52. The Morgan fingerprint density at radius 1 is 1.21 bits per heavy atom. The zero-order valence-electron chi connectivity index (χ0n) is 16.9. The normalized spacial score (nSPS) is 15.9. The highest BCUT2D eigenvalue weighted by atomic mass is 19.1. The first kappa shape index (κ1) is 18.0. The lowest BCUT2D eigenvalue weighted by atomic mass is 9.82. The third kappa shape index (κ3) is 3.03. The summed E-state index contributed by atoms with van der Waals surface area (Å²) in [6.45, 7) is 6.54. The van der Waals surface area contributed by atoms with Gasteiger partial charge in [-0.1, -0.05) is 0 Å². The van der Waals surface area contributed by atoms with Crippen molar-refractivity contribution in [1.29, 1.82) is 0 Å². The van der Waals surface area contributed by atoms with Crippen molar-refractivity contribution in [3.63, 3.8) is 0 Å². The van der Waals surface area contributed by atoms with E-state index in [0.717, 1.165) is 40.1 Å². The number of aromatic nitrogens is 6. The number of rotatable bonds is 5. The lowest BCUT2D eigenvalue weighted by Gasteiger charge is -2.33. The topological polar surface area (TPSA) is 72.9 Å². The van der Waals surface area contributed by atoms with Gasteiger partial charge in [0.25, 0.3) is 0 Å². The third-order valence-electron chi connectivity index (χ3n) is 5.78. The van der Waals surface area contributed by atoms with Crippen molar-refractivity contribution in [2.24, 2.45) is 0 Å². The van der Waals surface area contributed by atoms with Gasteiger partial charge in [-0.3, -0.25) is 0 Å². The maximum absolute atomic E-state index is 14.2. The molecule has 150 valence electrons. The van der Waals surface area contributed by atoms with Crippen LogP contribution in [-0.4, -0.2) is 41.3 Å². The summed E-state index contributed by atoms with van der Waals surface area (Å²) in [5.74, 6) is 1.39. The van der Waals surface area contributed by atoms with Crippen LogP contribution in [0.5, 0.6) is 0 Å². The first-order valence-electron chi connectivity index (χ1n) is 10.1. The lowest BCUT2D eigenvalue weighted by molar-refractivity contribution is 0.0782. The van der Waals surface area contributed by atoms with E-state index in [4.69, 9.17) is 0 Å². The van der Waals surface area contributed by atoms with E-state index < -0.39 is 5.67 Å². The number of fused-ring (bicyclic) bond motifs is 2. The zero-order chi connectivity index (χ0) is 20.2. The Labute approximate surface area is 168 Å². The molecule has 4 heterocycles. The Bertz CT molecular complexity index is 1200. The fourth-order valence-corrected chi connectivity index (χ4v) is 4.09. The van der Waals surface area contributed by atoms with Crippen LogP contribution in [0.25, 0.3) is 27.8 Å². The van der Waals surface area contributed by atoms with Gasteiger partial charge >= 0.3 is 0 Å². The number of imidazole rings is 1. The van der Waals surface area contributed by atoms with E-state index in [1.165, 1.54) is 0 Å². The second-order valence-electron chi connectivity index (χ2n) is 8.19. The van der Waals surface area contributed by atoms with Gasteiger partial charge in [0.1, 0.15) is 11.5 Å². The van der Waals surface area contributed by atoms with E-state index in [1.54, 1.807) is 10.7 Å². The molecule has 4 aromatic heterocycles. The standard InChI is InChI=1S/C21H24FN7/c1-13(2)29-14(3)26-19-17(29)9-15(10-23-19)16-5-8-28-18(16)11-24-20(27-28)25-12-21(22)6-4-7-21/h5,8-11,13H,4,6-7,12H2,1-3H3,(H,25,27). The van der Waals surface area contributed by atoms with Crippen molar-refractivity contribution in [3.05, 3.63) is 36.5 Å². The minimum Gasteiger partial charge on any atom is -0.350 e. The van der Waals surface area contributed by atoms with Gasteiger partial charge in [-0.05, 0) is 52.2 Å². The number of alkyl halides is 1. The van der Waals surface area contributed by atoms with Crippen LogP contribution >= 0.6 is 0 Å². The van der Waals surface area contributed by atoms with Gasteiger partial charge in [0.05, 0.1) is 23.8 Å². The number of pyridine rings is 1. The molecule has 0 spiro atoms. The molecule has 0 bridgehead atoms. The molecule has 5 rings (SSSR count). The molecule has 1 aliphatic carbocycles. The van der Waals surface area contributed by atoms with E-state index >= 15 is 0 Å². The van der Waals surface area contributed by atoms with Gasteiger partial charge in [-0.2, -0.15) is 0 Å². The average Bonchev–Trinajstić information content (AvgIpc) is 3.23. The van der Waals surface area contributed by atoms with Gasteiger partial charge in [-0.15, -0.1) is 5.10 Å². The second kappa shape index (κ2) is 6.50. The molecule has 0 atom stereocenters. The highest BCUT2D eigenvalue weighted by Crippen LogP contribution is 2.35. The van der Waals surface area contributed by atoms with Crippen molar-refractivity contribution in [1.82, 2.24) is 29.1 Å². The molecule has 1 fully saturated rings. The Balaban J connectivity index is 1.49. The first-order valence-corrected chi connectivity index (χ1v) is 10.1. The molecule has 0 amide bonds. The van der Waals surface area contributed by atoms with Gasteiger partial charge in [-0.25, -0.2) is 23.9 Å². The number of hydrogen-bond donors (Lipinski definition) is 1. The average molecular weight is 393 g/mol. The molecule has 0 unspecified atom stereocenters. The summed E-state index contributed by atoms with van der Waals surface area (Å²) in [7, 11) is 0. The molecular weight excluding hydrogens is 369 g/mol. The van der Waals surface area contributed by atoms with E-state index in [9.17, 15) is 4.39 Å². The van der Waals surface area contributed by atoms with Crippen LogP contribution in [0, 0.1) is 6.92 Å². The van der Waals surface area contributed by atoms with Crippen LogP contribution in [0.1, 0.15) is 45.0 Å². The summed E-state index contributed by atoms with van der Waals surface area (Å²) < 4.78 is 18.2. The summed E-state index contributed by atoms with van der Waals surface area (Å²) in [6, 6.07) is 4.42. The molecule has 0 aromatic carbocycles. The Morgan fingerprint density at radius 2 is 2.03 bits per heavy atom. The molecule has 4 aromatic rings. The van der Waals surface area contributed by atoms with E-state index in [-0.39, 0.29) is 6.54 Å². The first-order chi connectivity index (χ1) is 13.9. The second-order valence-corrected chi connectivity index (χ2v) is 8.19. The van der Waals surface area contributed by atoms with Crippen LogP contribution in [-0.2, 0) is 0 Å². The molecule has 7 nitrogen and oxygen atoms in total. The predicted octanol–water partition coefficient (Wildman–Crippen LogP) is 4.33. The number of halogens is 1. The summed E-state index contributed by atoms with van der Waals surface area (Å²) in [6.07, 6.45) is 7.67. The fraction of sp³-hybridized carbons (Fsp3) is 0.429. The number of nitrogens with one attached hydrogen (secondary N) is 1. The third-order valence-corrected chi connectivity index (χ3v) is 5.78. The van der Waals surface area contributed by atoms with Crippen molar-refractivity contribution in [2.45, 2.75) is 51.7 Å². The smallest absolute Gasteiger partial charge is 0.241 e. The SMILES string of the molecule is Cc1nc2ncc(-c3ccn4nc(NCC5(F)CCC5)ncc34)cc2n1C(C)C. The maximum atomic E-state index is 14.2. The fourth-order valence-electron chi connectivity index (χ4n) is 4.09. The van der Waals surface area contributed by atoms with Crippen LogP contribution in [0.3, 0.4) is 0 Å². The molecule has 0 radical (unpaired) electrons. The Hall–Kier alpha value is -3.03. The van der Waals surface area contributed by atoms with Crippen LogP contribution in [0.2, 0.25) is 0 Å². The molecule has 1 aliphatic rings. The van der Waals surface area contributed by atoms with Crippen molar-refractivity contribution < 1.29 is 4.39 Å². The van der Waals surface area contributed by atoms with E-state index in [2.05, 4.69) is 49.8 Å². The Kier molecular flexibility index (Phi) is 4.04. The molecule has 8 heteroatoms. The lowest BCUT2D eigenvalue weighted by Crippen LogP contribution is -2.39. The predicted molar refractivity (Wildman–Crippen MR) is 111 cm³/mol. The summed E-state index contributed by atoms with van der Waals surface area (Å²) in [5.41, 5.74) is 3.52. The minimum atomic E-state index is -1.11. The van der Waals surface area contributed by atoms with Crippen molar-refractivity contribution in [3.8, 4) is 11.1 Å². The number of anilines is 1. The maximum Gasteiger partial charge on any atom is 0.241 e. The highest BCUT2D eigenvalue weighted by molar-refractivity contribution is 5.85. The van der Waals surface area contributed by atoms with Crippen molar-refractivity contribution >= 4 is 22.6 Å². The summed E-state index contributed by atoms with van der Waals surface area (Å²) >= 11 is 0. The molecule has 1 saturated carbocycles. The minimum absolute atomic E-state index is 0.256. The highest BCUT2D eigenvalue weighted by Gasteiger charge is 2.36. The van der Waals surface area contributed by atoms with Crippen LogP contribution in [0.15, 0.2) is 30.7 Å². The monoisotopic (exact) mass is 393 g/mol. The molecule has 0 saturated heterocycles. The van der Waals surface area contributed by atoms with Gasteiger partial charge in [0.2, 0.25) is 5.95 Å². The van der Waals surface area contributed by atoms with Crippen LogP contribution < -0.4 is 5.32 Å². The Morgan fingerprint density at radius 3 is 2.76 bits per heavy atom.